The number of carbonyl (C=O) groups excluding carboxylic acids is 3. The fourth-order valence-electron chi connectivity index (χ4n) is 4.03. The lowest BCUT2D eigenvalue weighted by molar-refractivity contribution is -0.161. The molecule has 3 rings (SSSR count). The summed E-state index contributed by atoms with van der Waals surface area (Å²) in [6, 6.07) is 8.58. The van der Waals surface area contributed by atoms with Crippen LogP contribution in [0.15, 0.2) is 30.3 Å². The van der Waals surface area contributed by atoms with Gasteiger partial charge in [0.15, 0.2) is 0 Å². The SMILES string of the molecule is CCCCN1CCN([C@H](C(=O)N(C)C2CCOCC2)c2ccccc2)C(=O)C1=O. The highest BCUT2D eigenvalue weighted by Gasteiger charge is 2.41. The zero-order valence-electron chi connectivity index (χ0n) is 17.4. The van der Waals surface area contributed by atoms with Crippen LogP contribution in [0.4, 0.5) is 0 Å². The molecule has 29 heavy (non-hydrogen) atoms. The minimum atomic E-state index is -0.783. The van der Waals surface area contributed by atoms with Crippen molar-refractivity contribution in [1.82, 2.24) is 14.7 Å². The van der Waals surface area contributed by atoms with Crippen molar-refractivity contribution in [3.63, 3.8) is 0 Å². The lowest BCUT2D eigenvalue weighted by Gasteiger charge is -2.41. The summed E-state index contributed by atoms with van der Waals surface area (Å²) >= 11 is 0. The van der Waals surface area contributed by atoms with Crippen molar-refractivity contribution < 1.29 is 19.1 Å². The summed E-state index contributed by atoms with van der Waals surface area (Å²) in [6.07, 6.45) is 3.39. The number of benzene rings is 1. The zero-order chi connectivity index (χ0) is 20.8. The third-order valence-corrected chi connectivity index (χ3v) is 5.87. The van der Waals surface area contributed by atoms with Gasteiger partial charge in [0, 0.05) is 45.9 Å². The van der Waals surface area contributed by atoms with Crippen molar-refractivity contribution >= 4 is 17.7 Å². The molecule has 0 radical (unpaired) electrons. The summed E-state index contributed by atoms with van der Waals surface area (Å²) in [5.41, 5.74) is 0.736. The molecule has 1 atom stereocenters. The van der Waals surface area contributed by atoms with Crippen LogP contribution in [0, 0.1) is 0 Å². The van der Waals surface area contributed by atoms with E-state index in [4.69, 9.17) is 4.74 Å². The number of nitrogens with zero attached hydrogens (tertiary/aromatic N) is 3. The average molecular weight is 402 g/mol. The predicted molar refractivity (Wildman–Crippen MR) is 109 cm³/mol. The van der Waals surface area contributed by atoms with Crippen LogP contribution in [-0.2, 0) is 19.1 Å². The maximum atomic E-state index is 13.5. The average Bonchev–Trinajstić information content (AvgIpc) is 2.77. The molecule has 0 aromatic heterocycles. The van der Waals surface area contributed by atoms with E-state index in [0.29, 0.717) is 32.8 Å². The number of unbranched alkanes of at least 4 members (excludes halogenated alkanes) is 1. The van der Waals surface area contributed by atoms with Crippen LogP contribution in [0.25, 0.3) is 0 Å². The number of hydrogen-bond donors (Lipinski definition) is 0. The summed E-state index contributed by atoms with van der Waals surface area (Å²) in [7, 11) is 1.79. The van der Waals surface area contributed by atoms with E-state index in [-0.39, 0.29) is 11.9 Å². The maximum Gasteiger partial charge on any atom is 0.313 e. The minimum Gasteiger partial charge on any atom is -0.381 e. The summed E-state index contributed by atoms with van der Waals surface area (Å²) in [5.74, 6) is -1.24. The van der Waals surface area contributed by atoms with E-state index in [9.17, 15) is 14.4 Å². The predicted octanol–water partition coefficient (Wildman–Crippen LogP) is 1.84. The normalized spacial score (nSPS) is 19.4. The van der Waals surface area contributed by atoms with Gasteiger partial charge in [-0.25, -0.2) is 0 Å². The summed E-state index contributed by atoms with van der Waals surface area (Å²) in [6.45, 7) is 4.72. The smallest absolute Gasteiger partial charge is 0.313 e. The van der Waals surface area contributed by atoms with Crippen LogP contribution in [0.2, 0.25) is 0 Å². The van der Waals surface area contributed by atoms with Gasteiger partial charge in [0.1, 0.15) is 6.04 Å². The summed E-state index contributed by atoms with van der Waals surface area (Å²) in [4.78, 5) is 43.9. The van der Waals surface area contributed by atoms with Crippen molar-refractivity contribution in [1.29, 1.82) is 0 Å². The molecule has 0 bridgehead atoms. The highest BCUT2D eigenvalue weighted by Crippen LogP contribution is 2.27. The number of rotatable bonds is 7. The Hall–Kier alpha value is -2.41. The first-order valence-corrected chi connectivity index (χ1v) is 10.5. The van der Waals surface area contributed by atoms with Crippen LogP contribution in [0.1, 0.15) is 44.2 Å². The van der Waals surface area contributed by atoms with Gasteiger partial charge >= 0.3 is 11.8 Å². The van der Waals surface area contributed by atoms with E-state index >= 15 is 0 Å². The van der Waals surface area contributed by atoms with Gasteiger partial charge < -0.3 is 19.4 Å². The second-order valence-corrected chi connectivity index (χ2v) is 7.75. The molecule has 1 aromatic rings. The van der Waals surface area contributed by atoms with Gasteiger partial charge in [-0.3, -0.25) is 14.4 Å². The first-order valence-electron chi connectivity index (χ1n) is 10.5. The number of carbonyl (C=O) groups is 3. The van der Waals surface area contributed by atoms with Gasteiger partial charge in [-0.2, -0.15) is 0 Å². The molecule has 0 saturated carbocycles. The molecule has 1 aromatic carbocycles. The first-order chi connectivity index (χ1) is 14.0. The largest absolute Gasteiger partial charge is 0.381 e. The number of hydrogen-bond acceptors (Lipinski definition) is 4. The van der Waals surface area contributed by atoms with Crippen molar-refractivity contribution in [2.24, 2.45) is 0 Å². The van der Waals surface area contributed by atoms with Crippen molar-refractivity contribution in [2.75, 3.05) is 39.9 Å². The van der Waals surface area contributed by atoms with Crippen LogP contribution in [0.3, 0.4) is 0 Å². The Bertz CT molecular complexity index is 718. The van der Waals surface area contributed by atoms with Crippen molar-refractivity contribution in [3.05, 3.63) is 35.9 Å². The lowest BCUT2D eigenvalue weighted by Crippen LogP contribution is -2.58. The van der Waals surface area contributed by atoms with Gasteiger partial charge in [-0.15, -0.1) is 0 Å². The molecule has 2 fully saturated rings. The topological polar surface area (TPSA) is 70.2 Å². The Balaban J connectivity index is 1.83. The third-order valence-electron chi connectivity index (χ3n) is 5.87. The van der Waals surface area contributed by atoms with Crippen LogP contribution in [-0.4, -0.2) is 78.4 Å². The van der Waals surface area contributed by atoms with Gasteiger partial charge in [0.25, 0.3) is 0 Å². The Kier molecular flexibility index (Phi) is 7.25. The molecule has 3 amide bonds. The van der Waals surface area contributed by atoms with Crippen LogP contribution < -0.4 is 0 Å². The molecular weight excluding hydrogens is 370 g/mol. The minimum absolute atomic E-state index is 0.0825. The van der Waals surface area contributed by atoms with Crippen LogP contribution >= 0.6 is 0 Å². The molecule has 7 heteroatoms. The summed E-state index contributed by atoms with van der Waals surface area (Å²) < 4.78 is 5.41. The number of amides is 3. The second-order valence-electron chi connectivity index (χ2n) is 7.75. The maximum absolute atomic E-state index is 13.5. The van der Waals surface area contributed by atoms with E-state index in [1.807, 2.05) is 30.3 Å². The van der Waals surface area contributed by atoms with Gasteiger partial charge in [-0.1, -0.05) is 43.7 Å². The highest BCUT2D eigenvalue weighted by atomic mass is 16.5. The Morgan fingerprint density at radius 2 is 1.83 bits per heavy atom. The first kappa shape index (κ1) is 21.3. The fraction of sp³-hybridized carbons (Fsp3) is 0.591. The monoisotopic (exact) mass is 401 g/mol. The van der Waals surface area contributed by atoms with Crippen molar-refractivity contribution in [2.45, 2.75) is 44.7 Å². The molecule has 2 saturated heterocycles. The molecule has 0 unspecified atom stereocenters. The van der Waals surface area contributed by atoms with Crippen molar-refractivity contribution in [3.8, 4) is 0 Å². The molecule has 2 aliphatic heterocycles. The summed E-state index contributed by atoms with van der Waals surface area (Å²) in [5, 5.41) is 0. The molecule has 158 valence electrons. The van der Waals surface area contributed by atoms with E-state index in [2.05, 4.69) is 6.92 Å². The Morgan fingerprint density at radius 3 is 2.48 bits per heavy atom. The van der Waals surface area contributed by atoms with E-state index in [1.165, 1.54) is 4.90 Å². The van der Waals surface area contributed by atoms with E-state index in [1.54, 1.807) is 16.8 Å². The van der Waals surface area contributed by atoms with E-state index in [0.717, 1.165) is 31.2 Å². The third kappa shape index (κ3) is 4.78. The molecule has 0 spiro atoms. The number of ether oxygens (including phenoxy) is 1. The number of piperazine rings is 1. The number of likely N-dealkylation sites (N-methyl/N-ethyl adjacent to an activating group) is 1. The Labute approximate surface area is 172 Å². The molecule has 0 N–H and O–H groups in total. The quantitative estimate of drug-likeness (QED) is 0.654. The van der Waals surface area contributed by atoms with Gasteiger partial charge in [0.05, 0.1) is 0 Å². The van der Waals surface area contributed by atoms with Gasteiger partial charge in [0.2, 0.25) is 5.91 Å². The van der Waals surface area contributed by atoms with E-state index < -0.39 is 17.9 Å². The molecule has 7 nitrogen and oxygen atoms in total. The molecule has 2 aliphatic rings. The zero-order valence-corrected chi connectivity index (χ0v) is 17.4. The lowest BCUT2D eigenvalue weighted by atomic mass is 10.00. The fourth-order valence-corrected chi connectivity index (χ4v) is 4.03. The standard InChI is InChI=1S/C22H31N3O4/c1-3-4-12-24-13-14-25(22(28)21(24)27)19(17-8-6-5-7-9-17)20(26)23(2)18-10-15-29-16-11-18/h5-9,18-19H,3-4,10-16H2,1-2H3/t19-/m0/s1. The molecular formula is C22H31N3O4. The highest BCUT2D eigenvalue weighted by molar-refractivity contribution is 6.35. The van der Waals surface area contributed by atoms with Gasteiger partial charge in [-0.05, 0) is 24.8 Å². The Morgan fingerprint density at radius 1 is 1.14 bits per heavy atom. The molecule has 0 aliphatic carbocycles. The second kappa shape index (κ2) is 9.87. The van der Waals surface area contributed by atoms with Crippen LogP contribution in [0.5, 0.6) is 0 Å². The molecule has 2 heterocycles.